The minimum Gasteiger partial charge on any atom is -0.289 e. The van der Waals surface area contributed by atoms with Gasteiger partial charge in [-0.05, 0) is 55.4 Å². The van der Waals surface area contributed by atoms with E-state index in [0.717, 1.165) is 22.0 Å². The topological polar surface area (TPSA) is 19.9 Å². The average molecular weight is 226 g/mol. The van der Waals surface area contributed by atoms with E-state index in [1.165, 1.54) is 6.07 Å². The molecule has 0 saturated heterocycles. The molecular formula is C6H3Cl2OS2. The molecule has 0 amide bonds. The molecule has 0 saturated carbocycles. The molecule has 1 aromatic carbocycles. The summed E-state index contributed by atoms with van der Waals surface area (Å²) in [5.41, 5.74) is 0. The van der Waals surface area contributed by atoms with Gasteiger partial charge in [-0.1, -0.05) is 6.07 Å². The lowest BCUT2D eigenvalue weighted by atomic mass is 10.3. The van der Waals surface area contributed by atoms with Gasteiger partial charge < -0.3 is 0 Å². The highest BCUT2D eigenvalue weighted by molar-refractivity contribution is 8.23. The summed E-state index contributed by atoms with van der Waals surface area (Å²) in [5, 5.41) is 11.1. The van der Waals surface area contributed by atoms with Gasteiger partial charge in [-0.25, -0.2) is 0 Å². The standard InChI is InChI=1S/C6H3Cl2OS2/c7-10-5-3-1-2-4(9)6(5)11-8/h1-3H. The Kier molecular flexibility index (Phi) is 3.72. The molecule has 0 aliphatic heterocycles. The van der Waals surface area contributed by atoms with Crippen LogP contribution in [0.1, 0.15) is 0 Å². The minimum atomic E-state index is -0.0874. The van der Waals surface area contributed by atoms with E-state index in [0.29, 0.717) is 9.79 Å². The molecule has 0 spiro atoms. The fraction of sp³-hybridized carbons (Fsp3) is 0. The van der Waals surface area contributed by atoms with E-state index < -0.39 is 0 Å². The molecule has 0 aliphatic carbocycles. The van der Waals surface area contributed by atoms with Gasteiger partial charge in [0.25, 0.3) is 0 Å². The number of halogens is 2. The van der Waals surface area contributed by atoms with Gasteiger partial charge in [0, 0.05) is 4.90 Å². The van der Waals surface area contributed by atoms with Gasteiger partial charge in [0.05, 0.1) is 4.90 Å². The Balaban J connectivity index is 3.13. The lowest BCUT2D eigenvalue weighted by molar-refractivity contribution is 0.342. The Morgan fingerprint density at radius 2 is 1.91 bits per heavy atom. The summed E-state index contributed by atoms with van der Waals surface area (Å²) >= 11 is 0. The van der Waals surface area contributed by atoms with Crippen molar-refractivity contribution in [3.63, 3.8) is 0 Å². The Labute approximate surface area is 82.1 Å². The maximum Gasteiger partial charge on any atom is 0.194 e. The summed E-state index contributed by atoms with van der Waals surface area (Å²) in [6.45, 7) is 0. The van der Waals surface area contributed by atoms with Crippen LogP contribution in [-0.2, 0) is 5.11 Å². The van der Waals surface area contributed by atoms with Crippen molar-refractivity contribution >= 4 is 43.3 Å². The van der Waals surface area contributed by atoms with Crippen LogP contribution >= 0.6 is 43.3 Å². The maximum atomic E-state index is 11.1. The van der Waals surface area contributed by atoms with Crippen molar-refractivity contribution in [2.45, 2.75) is 9.79 Å². The highest BCUT2D eigenvalue weighted by Gasteiger charge is 2.08. The second-order valence-corrected chi connectivity index (χ2v) is 3.82. The first-order valence-corrected chi connectivity index (χ1v) is 5.95. The summed E-state index contributed by atoms with van der Waals surface area (Å²) in [7, 11) is 12.9. The Hall–Kier alpha value is 0.300. The molecule has 0 atom stereocenters. The van der Waals surface area contributed by atoms with Gasteiger partial charge in [0.1, 0.15) is 0 Å². The molecule has 0 bridgehead atoms. The van der Waals surface area contributed by atoms with Gasteiger partial charge in [-0.2, -0.15) is 0 Å². The minimum absolute atomic E-state index is 0.0874. The van der Waals surface area contributed by atoms with Crippen LogP contribution in [0.5, 0.6) is 5.75 Å². The van der Waals surface area contributed by atoms with E-state index in [9.17, 15) is 5.11 Å². The first kappa shape index (κ1) is 9.39. The zero-order valence-electron chi connectivity index (χ0n) is 5.21. The Bertz CT molecular complexity index is 254. The molecule has 1 rings (SSSR count). The number of hydrogen-bond acceptors (Lipinski definition) is 2. The van der Waals surface area contributed by atoms with E-state index in [4.69, 9.17) is 21.4 Å². The zero-order valence-corrected chi connectivity index (χ0v) is 8.36. The van der Waals surface area contributed by atoms with Crippen LogP contribution in [0.3, 0.4) is 0 Å². The molecule has 5 heteroatoms. The monoisotopic (exact) mass is 225 g/mol. The first-order valence-electron chi connectivity index (χ1n) is 2.66. The summed E-state index contributed by atoms with van der Waals surface area (Å²) in [6, 6.07) is 4.87. The van der Waals surface area contributed by atoms with E-state index in [-0.39, 0.29) is 5.75 Å². The maximum absolute atomic E-state index is 11.1. The van der Waals surface area contributed by atoms with E-state index in [1.54, 1.807) is 12.1 Å². The van der Waals surface area contributed by atoms with Crippen LogP contribution in [0.15, 0.2) is 28.0 Å². The molecule has 1 radical (unpaired) electrons. The predicted molar refractivity (Wildman–Crippen MR) is 50.0 cm³/mol. The van der Waals surface area contributed by atoms with Crippen molar-refractivity contribution in [1.82, 2.24) is 0 Å². The summed E-state index contributed by atoms with van der Waals surface area (Å²) < 4.78 is 0. The van der Waals surface area contributed by atoms with Gasteiger partial charge in [-0.3, -0.25) is 5.11 Å². The van der Waals surface area contributed by atoms with Gasteiger partial charge in [-0.15, -0.1) is 0 Å². The lowest BCUT2D eigenvalue weighted by Crippen LogP contribution is -1.73. The molecule has 11 heavy (non-hydrogen) atoms. The fourth-order valence-electron chi connectivity index (χ4n) is 0.632. The van der Waals surface area contributed by atoms with Crippen molar-refractivity contribution in [3.05, 3.63) is 18.2 Å². The van der Waals surface area contributed by atoms with Crippen molar-refractivity contribution in [2.24, 2.45) is 0 Å². The molecule has 0 aliphatic rings. The fourth-order valence-corrected chi connectivity index (χ4v) is 2.61. The number of benzene rings is 1. The molecule has 0 unspecified atom stereocenters. The molecule has 1 aromatic rings. The second kappa shape index (κ2) is 4.36. The molecule has 0 aromatic heterocycles. The largest absolute Gasteiger partial charge is 0.289 e. The third kappa shape index (κ3) is 2.12. The molecule has 0 fully saturated rings. The first-order chi connectivity index (χ1) is 5.29. The molecular weight excluding hydrogens is 223 g/mol. The van der Waals surface area contributed by atoms with Crippen LogP contribution in [0.4, 0.5) is 0 Å². The second-order valence-electron chi connectivity index (χ2n) is 1.74. The quantitative estimate of drug-likeness (QED) is 0.748. The lowest BCUT2D eigenvalue weighted by Gasteiger charge is -2.00. The smallest absolute Gasteiger partial charge is 0.194 e. The third-order valence-corrected chi connectivity index (χ3v) is 3.28. The molecule has 0 N–H and O–H groups in total. The Morgan fingerprint density at radius 1 is 1.18 bits per heavy atom. The summed E-state index contributed by atoms with van der Waals surface area (Å²) in [4.78, 5) is 1.20. The molecule has 1 nitrogen and oxygen atoms in total. The average Bonchev–Trinajstić information content (AvgIpc) is 2.04. The molecule has 0 heterocycles. The van der Waals surface area contributed by atoms with E-state index >= 15 is 0 Å². The normalized spacial score (nSPS) is 10.0. The highest BCUT2D eigenvalue weighted by atomic mass is 35.7. The van der Waals surface area contributed by atoms with Crippen molar-refractivity contribution in [2.75, 3.05) is 0 Å². The van der Waals surface area contributed by atoms with Crippen LogP contribution in [0, 0.1) is 0 Å². The molecule has 59 valence electrons. The van der Waals surface area contributed by atoms with Crippen molar-refractivity contribution in [1.29, 1.82) is 0 Å². The van der Waals surface area contributed by atoms with Gasteiger partial charge >= 0.3 is 0 Å². The number of hydrogen-bond donors (Lipinski definition) is 0. The third-order valence-electron chi connectivity index (χ3n) is 1.10. The van der Waals surface area contributed by atoms with E-state index in [1.807, 2.05) is 0 Å². The predicted octanol–water partition coefficient (Wildman–Crippen LogP) is 4.32. The van der Waals surface area contributed by atoms with Crippen molar-refractivity contribution < 1.29 is 5.11 Å². The van der Waals surface area contributed by atoms with Gasteiger partial charge in [0.2, 0.25) is 0 Å². The van der Waals surface area contributed by atoms with Crippen LogP contribution in [0.25, 0.3) is 0 Å². The van der Waals surface area contributed by atoms with Crippen LogP contribution in [0.2, 0.25) is 0 Å². The number of rotatable bonds is 2. The zero-order chi connectivity index (χ0) is 8.27. The Morgan fingerprint density at radius 3 is 2.36 bits per heavy atom. The van der Waals surface area contributed by atoms with Gasteiger partial charge in [0.15, 0.2) is 5.75 Å². The van der Waals surface area contributed by atoms with Crippen LogP contribution in [-0.4, -0.2) is 0 Å². The van der Waals surface area contributed by atoms with Crippen LogP contribution < -0.4 is 0 Å². The highest BCUT2D eigenvalue weighted by Crippen LogP contribution is 2.40. The SMILES string of the molecule is [O]c1cccc(SCl)c1SCl. The summed E-state index contributed by atoms with van der Waals surface area (Å²) in [6.07, 6.45) is 0. The van der Waals surface area contributed by atoms with Crippen molar-refractivity contribution in [3.8, 4) is 5.75 Å². The summed E-state index contributed by atoms with van der Waals surface area (Å²) in [5.74, 6) is -0.0874. The van der Waals surface area contributed by atoms with E-state index in [2.05, 4.69) is 0 Å².